The van der Waals surface area contributed by atoms with Crippen LogP contribution in [0.1, 0.15) is 45.4 Å². The second-order valence-corrected chi connectivity index (χ2v) is 7.85. The third kappa shape index (κ3) is 5.38. The van der Waals surface area contributed by atoms with Crippen LogP contribution in [0.15, 0.2) is 35.2 Å². The summed E-state index contributed by atoms with van der Waals surface area (Å²) in [5, 5.41) is 0. The van der Waals surface area contributed by atoms with E-state index in [9.17, 15) is 8.42 Å². The zero-order chi connectivity index (χ0) is 15.8. The van der Waals surface area contributed by atoms with Gasteiger partial charge in [-0.25, -0.2) is 13.1 Å². The lowest BCUT2D eigenvalue weighted by molar-refractivity contribution is 0.198. The van der Waals surface area contributed by atoms with Crippen LogP contribution in [-0.4, -0.2) is 39.0 Å². The van der Waals surface area contributed by atoms with Gasteiger partial charge in [0.05, 0.1) is 4.90 Å². The van der Waals surface area contributed by atoms with Crippen LogP contribution in [0.4, 0.5) is 0 Å². The number of benzene rings is 1. The maximum atomic E-state index is 12.4. The molecular weight excluding hydrogens is 296 g/mol. The van der Waals surface area contributed by atoms with Crippen molar-refractivity contribution in [3.05, 3.63) is 30.3 Å². The first-order valence-corrected chi connectivity index (χ1v) is 9.90. The molecule has 4 nitrogen and oxygen atoms in total. The van der Waals surface area contributed by atoms with Crippen molar-refractivity contribution in [1.82, 2.24) is 9.62 Å². The minimum absolute atomic E-state index is 0.0325. The lowest BCUT2D eigenvalue weighted by Crippen LogP contribution is -2.47. The molecule has 22 heavy (non-hydrogen) atoms. The molecule has 0 bridgehead atoms. The molecule has 1 aliphatic rings. The summed E-state index contributed by atoms with van der Waals surface area (Å²) in [5.41, 5.74) is 0. The maximum Gasteiger partial charge on any atom is 0.240 e. The molecule has 0 saturated carbocycles. The summed E-state index contributed by atoms with van der Waals surface area (Å²) in [5.74, 6) is 0. The van der Waals surface area contributed by atoms with Crippen LogP contribution < -0.4 is 4.72 Å². The fourth-order valence-electron chi connectivity index (χ4n) is 3.00. The van der Waals surface area contributed by atoms with Gasteiger partial charge in [0.1, 0.15) is 0 Å². The number of hydrogen-bond acceptors (Lipinski definition) is 3. The maximum absolute atomic E-state index is 12.4. The summed E-state index contributed by atoms with van der Waals surface area (Å²) in [7, 11) is -3.39. The second kappa shape index (κ2) is 8.65. The molecule has 5 heteroatoms. The molecule has 0 amide bonds. The van der Waals surface area contributed by atoms with E-state index < -0.39 is 10.0 Å². The van der Waals surface area contributed by atoms with E-state index >= 15 is 0 Å². The number of rotatable bonds is 8. The summed E-state index contributed by atoms with van der Waals surface area (Å²) in [4.78, 5) is 2.76. The fourth-order valence-corrected chi connectivity index (χ4v) is 4.29. The molecule has 124 valence electrons. The van der Waals surface area contributed by atoms with Crippen LogP contribution >= 0.6 is 0 Å². The summed E-state index contributed by atoms with van der Waals surface area (Å²) in [6.07, 6.45) is 7.02. The number of likely N-dealkylation sites (tertiary alicyclic amines) is 1. The Hall–Kier alpha value is -0.910. The molecule has 1 unspecified atom stereocenters. The fraction of sp³-hybridized carbons (Fsp3) is 0.647. The average Bonchev–Trinajstić information content (AvgIpc) is 2.52. The molecule has 1 saturated heterocycles. The summed E-state index contributed by atoms with van der Waals surface area (Å²) in [6.45, 7) is 5.23. The summed E-state index contributed by atoms with van der Waals surface area (Å²) in [6, 6.07) is 8.68. The first-order valence-electron chi connectivity index (χ1n) is 8.41. The number of sulfonamides is 1. The Morgan fingerprint density at radius 2 is 1.95 bits per heavy atom. The molecule has 1 aliphatic heterocycles. The molecule has 1 fully saturated rings. The molecule has 1 atom stereocenters. The lowest BCUT2D eigenvalue weighted by Gasteiger charge is -2.33. The normalized spacial score (nSPS) is 20.1. The first-order chi connectivity index (χ1) is 10.6. The van der Waals surface area contributed by atoms with Crippen molar-refractivity contribution in [2.45, 2.75) is 56.4 Å². The van der Waals surface area contributed by atoms with E-state index in [2.05, 4.69) is 16.5 Å². The molecular formula is C17H28N2O2S. The van der Waals surface area contributed by atoms with Crippen LogP contribution in [-0.2, 0) is 10.0 Å². The van der Waals surface area contributed by atoms with Crippen molar-refractivity contribution in [1.29, 1.82) is 0 Å². The van der Waals surface area contributed by atoms with E-state index in [-0.39, 0.29) is 6.04 Å². The lowest BCUT2D eigenvalue weighted by atomic mass is 10.1. The van der Waals surface area contributed by atoms with Crippen LogP contribution in [0.25, 0.3) is 0 Å². The van der Waals surface area contributed by atoms with Gasteiger partial charge >= 0.3 is 0 Å². The highest BCUT2D eigenvalue weighted by Crippen LogP contribution is 2.15. The van der Waals surface area contributed by atoms with E-state index in [0.29, 0.717) is 4.90 Å². The van der Waals surface area contributed by atoms with Crippen LogP contribution in [0.2, 0.25) is 0 Å². The molecule has 0 aliphatic carbocycles. The van der Waals surface area contributed by atoms with E-state index in [4.69, 9.17) is 0 Å². The SMILES string of the molecule is CCCCCCN1CCCC(NS(=O)(=O)c2ccccc2)C1. The molecule has 0 radical (unpaired) electrons. The van der Waals surface area contributed by atoms with E-state index in [1.165, 1.54) is 25.7 Å². The third-order valence-electron chi connectivity index (χ3n) is 4.21. The highest BCUT2D eigenvalue weighted by molar-refractivity contribution is 7.89. The van der Waals surface area contributed by atoms with Gasteiger partial charge in [-0.15, -0.1) is 0 Å². The summed E-state index contributed by atoms with van der Waals surface area (Å²) >= 11 is 0. The molecule has 0 spiro atoms. The first kappa shape index (κ1) is 17.4. The predicted octanol–water partition coefficient (Wildman–Crippen LogP) is 3.01. The Morgan fingerprint density at radius 3 is 2.68 bits per heavy atom. The van der Waals surface area contributed by atoms with Crippen LogP contribution in [0.5, 0.6) is 0 Å². The monoisotopic (exact) mass is 324 g/mol. The van der Waals surface area contributed by atoms with Crippen molar-refractivity contribution < 1.29 is 8.42 Å². The number of piperidine rings is 1. The molecule has 1 aromatic rings. The van der Waals surface area contributed by atoms with Gasteiger partial charge in [-0.2, -0.15) is 0 Å². The van der Waals surface area contributed by atoms with Gasteiger partial charge in [-0.1, -0.05) is 44.4 Å². The standard InChI is InChI=1S/C17H28N2O2S/c1-2-3-4-8-13-19-14-9-10-16(15-19)18-22(20,21)17-11-6-5-7-12-17/h5-7,11-12,16,18H,2-4,8-10,13-15H2,1H3. The molecule has 1 N–H and O–H groups in total. The van der Waals surface area contributed by atoms with Crippen LogP contribution in [0, 0.1) is 0 Å². The third-order valence-corrected chi connectivity index (χ3v) is 5.75. The largest absolute Gasteiger partial charge is 0.302 e. The Kier molecular flexibility index (Phi) is 6.86. The number of nitrogens with one attached hydrogen (secondary N) is 1. The van der Waals surface area contributed by atoms with Crippen molar-refractivity contribution in [3.63, 3.8) is 0 Å². The minimum Gasteiger partial charge on any atom is -0.302 e. The highest BCUT2D eigenvalue weighted by atomic mass is 32.2. The van der Waals surface area contributed by atoms with Crippen molar-refractivity contribution in [2.75, 3.05) is 19.6 Å². The molecule has 2 rings (SSSR count). The van der Waals surface area contributed by atoms with Crippen LogP contribution in [0.3, 0.4) is 0 Å². The van der Waals surface area contributed by atoms with Gasteiger partial charge in [0.2, 0.25) is 10.0 Å². The summed E-state index contributed by atoms with van der Waals surface area (Å²) < 4.78 is 27.6. The second-order valence-electron chi connectivity index (χ2n) is 6.13. The number of nitrogens with zero attached hydrogens (tertiary/aromatic N) is 1. The van der Waals surface area contributed by atoms with Crippen molar-refractivity contribution >= 4 is 10.0 Å². The van der Waals surface area contributed by atoms with E-state index in [0.717, 1.165) is 32.5 Å². The highest BCUT2D eigenvalue weighted by Gasteiger charge is 2.24. The molecule has 1 heterocycles. The molecule has 1 aromatic carbocycles. The van der Waals surface area contributed by atoms with Gasteiger partial charge in [0, 0.05) is 12.6 Å². The Balaban J connectivity index is 1.85. The topological polar surface area (TPSA) is 49.4 Å². The predicted molar refractivity (Wildman–Crippen MR) is 90.4 cm³/mol. The van der Waals surface area contributed by atoms with Gasteiger partial charge in [0.25, 0.3) is 0 Å². The zero-order valence-electron chi connectivity index (χ0n) is 13.5. The van der Waals surface area contributed by atoms with Gasteiger partial charge in [-0.3, -0.25) is 0 Å². The zero-order valence-corrected chi connectivity index (χ0v) is 14.3. The van der Waals surface area contributed by atoms with Gasteiger partial charge in [0.15, 0.2) is 0 Å². The average molecular weight is 324 g/mol. The molecule has 0 aromatic heterocycles. The number of hydrogen-bond donors (Lipinski definition) is 1. The van der Waals surface area contributed by atoms with Gasteiger partial charge in [-0.05, 0) is 44.5 Å². The van der Waals surface area contributed by atoms with Crippen molar-refractivity contribution in [2.24, 2.45) is 0 Å². The Labute approximate surface area is 135 Å². The number of unbranched alkanes of at least 4 members (excludes halogenated alkanes) is 3. The smallest absolute Gasteiger partial charge is 0.240 e. The van der Waals surface area contributed by atoms with Crippen molar-refractivity contribution in [3.8, 4) is 0 Å². The van der Waals surface area contributed by atoms with E-state index in [1.807, 2.05) is 6.07 Å². The minimum atomic E-state index is -3.39. The Bertz CT molecular complexity index is 531. The Morgan fingerprint density at radius 1 is 1.18 bits per heavy atom. The van der Waals surface area contributed by atoms with Gasteiger partial charge < -0.3 is 4.90 Å². The van der Waals surface area contributed by atoms with E-state index in [1.54, 1.807) is 24.3 Å². The quantitative estimate of drug-likeness (QED) is 0.748.